The van der Waals surface area contributed by atoms with Crippen LogP contribution in [-0.4, -0.2) is 13.2 Å². The van der Waals surface area contributed by atoms with Gasteiger partial charge in [-0.15, -0.1) is 0 Å². The van der Waals surface area contributed by atoms with E-state index in [1.165, 1.54) is 17.4 Å². The zero-order valence-corrected chi connectivity index (χ0v) is 21.3. The van der Waals surface area contributed by atoms with Crippen LogP contribution < -0.4 is 9.47 Å². The van der Waals surface area contributed by atoms with Gasteiger partial charge in [0.15, 0.2) is 0 Å². The first-order valence-electron chi connectivity index (χ1n) is 12.5. The molecule has 32 heavy (non-hydrogen) atoms. The van der Waals surface area contributed by atoms with Crippen molar-refractivity contribution in [3.05, 3.63) is 48.0 Å². The van der Waals surface area contributed by atoms with Crippen molar-refractivity contribution in [2.24, 2.45) is 11.8 Å². The van der Waals surface area contributed by atoms with Crippen LogP contribution in [0.3, 0.4) is 0 Å². The lowest BCUT2D eigenvalue weighted by atomic mass is 9.80. The van der Waals surface area contributed by atoms with Crippen molar-refractivity contribution in [2.75, 3.05) is 13.2 Å². The standard InChI is InChI=1S/C30H42O2/c1-8-17-30(6,7)23-13-14-26-27(20-23)29(32-19-16-22(4)5)25-12-10-9-11-24(25)28(26)31-18-15-21(2)3/h9-14,20-22H,8,15-19H2,1-7H3. The molecule has 0 saturated heterocycles. The van der Waals surface area contributed by atoms with Gasteiger partial charge in [-0.3, -0.25) is 0 Å². The second-order valence-electron chi connectivity index (χ2n) is 10.7. The number of rotatable bonds is 11. The fourth-order valence-electron chi connectivity index (χ4n) is 4.39. The molecule has 0 aliphatic carbocycles. The minimum absolute atomic E-state index is 0.127. The molecule has 0 aliphatic heterocycles. The van der Waals surface area contributed by atoms with Gasteiger partial charge in [0, 0.05) is 21.5 Å². The highest BCUT2D eigenvalue weighted by Crippen LogP contribution is 2.44. The lowest BCUT2D eigenvalue weighted by molar-refractivity contribution is 0.291. The number of benzene rings is 3. The summed E-state index contributed by atoms with van der Waals surface area (Å²) in [5.41, 5.74) is 1.49. The van der Waals surface area contributed by atoms with E-state index in [1.54, 1.807) is 0 Å². The molecule has 0 saturated carbocycles. The van der Waals surface area contributed by atoms with E-state index in [0.717, 1.165) is 60.1 Å². The first-order valence-corrected chi connectivity index (χ1v) is 12.5. The SMILES string of the molecule is CCCC(C)(C)c1ccc2c(OCCC(C)C)c3ccccc3c(OCCC(C)C)c2c1. The van der Waals surface area contributed by atoms with E-state index in [1.807, 2.05) is 0 Å². The predicted octanol–water partition coefficient (Wildman–Crippen LogP) is 8.92. The van der Waals surface area contributed by atoms with Gasteiger partial charge in [0.05, 0.1) is 13.2 Å². The van der Waals surface area contributed by atoms with E-state index in [9.17, 15) is 0 Å². The molecule has 0 atom stereocenters. The molecule has 0 fully saturated rings. The summed E-state index contributed by atoms with van der Waals surface area (Å²) in [7, 11) is 0. The van der Waals surface area contributed by atoms with Crippen molar-refractivity contribution in [1.82, 2.24) is 0 Å². The van der Waals surface area contributed by atoms with Crippen LogP contribution in [0.25, 0.3) is 21.5 Å². The lowest BCUT2D eigenvalue weighted by Gasteiger charge is -2.26. The zero-order valence-electron chi connectivity index (χ0n) is 21.3. The second-order valence-corrected chi connectivity index (χ2v) is 10.7. The Bertz CT molecular complexity index is 1030. The van der Waals surface area contributed by atoms with Crippen LogP contribution in [0.1, 0.15) is 79.7 Å². The third-order valence-electron chi connectivity index (χ3n) is 6.46. The highest BCUT2D eigenvalue weighted by molar-refractivity contribution is 6.11. The zero-order chi connectivity index (χ0) is 23.3. The molecule has 0 aromatic heterocycles. The molecule has 174 valence electrons. The molecule has 0 unspecified atom stereocenters. The molecule has 2 heteroatoms. The summed E-state index contributed by atoms with van der Waals surface area (Å²) in [5.74, 6) is 3.23. The molecule has 0 spiro atoms. The molecule has 0 amide bonds. The van der Waals surface area contributed by atoms with Crippen molar-refractivity contribution in [2.45, 2.75) is 79.6 Å². The number of ether oxygens (including phenoxy) is 2. The third kappa shape index (κ3) is 5.57. The van der Waals surface area contributed by atoms with Gasteiger partial charge < -0.3 is 9.47 Å². The first kappa shape index (κ1) is 24.4. The Kier molecular flexibility index (Phi) is 8.09. The highest BCUT2D eigenvalue weighted by atomic mass is 16.5. The van der Waals surface area contributed by atoms with E-state index in [0.29, 0.717) is 11.8 Å². The van der Waals surface area contributed by atoms with Crippen LogP contribution in [0.2, 0.25) is 0 Å². The monoisotopic (exact) mass is 434 g/mol. The van der Waals surface area contributed by atoms with Crippen LogP contribution in [0, 0.1) is 11.8 Å². The maximum Gasteiger partial charge on any atom is 0.135 e. The van der Waals surface area contributed by atoms with Gasteiger partial charge in [-0.05, 0) is 48.1 Å². The van der Waals surface area contributed by atoms with E-state index in [-0.39, 0.29) is 5.41 Å². The average molecular weight is 435 g/mol. The summed E-state index contributed by atoms with van der Waals surface area (Å²) in [6.45, 7) is 17.4. The smallest absolute Gasteiger partial charge is 0.135 e. The predicted molar refractivity (Wildman–Crippen MR) is 139 cm³/mol. The molecule has 0 aliphatic rings. The third-order valence-corrected chi connectivity index (χ3v) is 6.46. The molecule has 0 radical (unpaired) electrons. The van der Waals surface area contributed by atoms with Gasteiger partial charge >= 0.3 is 0 Å². The Morgan fingerprint density at radius 1 is 0.719 bits per heavy atom. The summed E-state index contributed by atoms with van der Waals surface area (Å²) in [6, 6.07) is 15.5. The second kappa shape index (κ2) is 10.6. The quantitative estimate of drug-likeness (QED) is 0.280. The van der Waals surface area contributed by atoms with Gasteiger partial charge in [-0.1, -0.05) is 91.3 Å². The largest absolute Gasteiger partial charge is 0.492 e. The van der Waals surface area contributed by atoms with Crippen LogP contribution in [0.15, 0.2) is 42.5 Å². The van der Waals surface area contributed by atoms with Gasteiger partial charge in [-0.2, -0.15) is 0 Å². The summed E-state index contributed by atoms with van der Waals surface area (Å²) in [5, 5.41) is 4.62. The average Bonchev–Trinajstić information content (AvgIpc) is 2.74. The minimum atomic E-state index is 0.127. The Labute approximate surface area is 195 Å². The number of hydrogen-bond donors (Lipinski definition) is 0. The van der Waals surface area contributed by atoms with E-state index in [2.05, 4.69) is 90.9 Å². The van der Waals surface area contributed by atoms with Gasteiger partial charge in [-0.25, -0.2) is 0 Å². The summed E-state index contributed by atoms with van der Waals surface area (Å²) in [6.07, 6.45) is 4.42. The van der Waals surface area contributed by atoms with Gasteiger partial charge in [0.25, 0.3) is 0 Å². The molecule has 0 bridgehead atoms. The number of hydrogen-bond acceptors (Lipinski definition) is 2. The van der Waals surface area contributed by atoms with Crippen molar-refractivity contribution >= 4 is 21.5 Å². The van der Waals surface area contributed by atoms with Gasteiger partial charge in [0.2, 0.25) is 0 Å². The van der Waals surface area contributed by atoms with Crippen molar-refractivity contribution in [3.63, 3.8) is 0 Å². The highest BCUT2D eigenvalue weighted by Gasteiger charge is 2.23. The topological polar surface area (TPSA) is 18.5 Å². The molecule has 3 aromatic rings. The van der Waals surface area contributed by atoms with Crippen molar-refractivity contribution in [1.29, 1.82) is 0 Å². The molecule has 0 heterocycles. The van der Waals surface area contributed by atoms with Crippen LogP contribution in [-0.2, 0) is 5.41 Å². The van der Waals surface area contributed by atoms with Crippen molar-refractivity contribution in [3.8, 4) is 11.5 Å². The molecular formula is C30H42O2. The fraction of sp³-hybridized carbons (Fsp3) is 0.533. The molecule has 0 N–H and O–H groups in total. The molecular weight excluding hydrogens is 392 g/mol. The molecule has 3 rings (SSSR count). The Morgan fingerprint density at radius 2 is 1.22 bits per heavy atom. The van der Waals surface area contributed by atoms with E-state index in [4.69, 9.17) is 9.47 Å². The summed E-state index contributed by atoms with van der Waals surface area (Å²) < 4.78 is 13.0. The maximum absolute atomic E-state index is 6.51. The number of fused-ring (bicyclic) bond motifs is 2. The normalized spacial score (nSPS) is 12.3. The van der Waals surface area contributed by atoms with Crippen LogP contribution in [0.4, 0.5) is 0 Å². The fourth-order valence-corrected chi connectivity index (χ4v) is 4.39. The summed E-state index contributed by atoms with van der Waals surface area (Å²) in [4.78, 5) is 0. The molecule has 2 nitrogen and oxygen atoms in total. The van der Waals surface area contributed by atoms with E-state index < -0.39 is 0 Å². The Hall–Kier alpha value is -2.22. The Morgan fingerprint density at radius 3 is 1.72 bits per heavy atom. The van der Waals surface area contributed by atoms with Crippen LogP contribution >= 0.6 is 0 Å². The van der Waals surface area contributed by atoms with E-state index >= 15 is 0 Å². The minimum Gasteiger partial charge on any atom is -0.492 e. The molecule has 3 aromatic carbocycles. The maximum atomic E-state index is 6.51. The van der Waals surface area contributed by atoms with Gasteiger partial charge in [0.1, 0.15) is 11.5 Å². The van der Waals surface area contributed by atoms with Crippen LogP contribution in [0.5, 0.6) is 11.5 Å². The first-order chi connectivity index (χ1) is 15.2. The Balaban J connectivity index is 2.21. The summed E-state index contributed by atoms with van der Waals surface area (Å²) >= 11 is 0. The lowest BCUT2D eigenvalue weighted by Crippen LogP contribution is -2.16. The van der Waals surface area contributed by atoms with Crippen molar-refractivity contribution < 1.29 is 9.47 Å².